The van der Waals surface area contributed by atoms with E-state index in [1.165, 1.54) is 30.5 Å². The van der Waals surface area contributed by atoms with Crippen LogP contribution in [0.1, 0.15) is 15.9 Å². The van der Waals surface area contributed by atoms with Gasteiger partial charge in [0.05, 0.1) is 17.1 Å². The monoisotopic (exact) mass is 390 g/mol. The van der Waals surface area contributed by atoms with Gasteiger partial charge in [0.25, 0.3) is 0 Å². The number of carboxylic acids is 1. The number of pyridine rings is 1. The number of nitrogens with one attached hydrogen (secondary N) is 1. The summed E-state index contributed by atoms with van der Waals surface area (Å²) in [6, 6.07) is 13.9. The van der Waals surface area contributed by atoms with Crippen LogP contribution in [0.3, 0.4) is 0 Å². The molecule has 0 saturated heterocycles. The molecule has 0 aliphatic heterocycles. The minimum Gasteiger partial charge on any atom is -0.478 e. The van der Waals surface area contributed by atoms with Crippen molar-refractivity contribution in [3.63, 3.8) is 0 Å². The maximum Gasteiger partial charge on any atom is 0.335 e. The van der Waals surface area contributed by atoms with Crippen molar-refractivity contribution in [1.29, 1.82) is 0 Å². The van der Waals surface area contributed by atoms with Crippen LogP contribution in [-0.4, -0.2) is 26.3 Å². The second kappa shape index (κ2) is 7.89. The number of carbonyl (C=O) groups is 1. The Morgan fingerprint density at radius 1 is 1.07 bits per heavy atom. The lowest BCUT2D eigenvalue weighted by molar-refractivity contribution is 0.0697. The number of ether oxygens (including phenoxy) is 1. The van der Waals surface area contributed by atoms with Crippen LogP contribution in [0.25, 0.3) is 10.9 Å². The first-order chi connectivity index (χ1) is 14.1. The number of hydrogen-bond acceptors (Lipinski definition) is 6. The van der Waals surface area contributed by atoms with Gasteiger partial charge in [-0.25, -0.2) is 14.2 Å². The molecule has 7 nitrogen and oxygen atoms in total. The van der Waals surface area contributed by atoms with Crippen LogP contribution in [0, 0.1) is 5.82 Å². The zero-order valence-electron chi connectivity index (χ0n) is 15.0. The second-order valence-electron chi connectivity index (χ2n) is 6.17. The summed E-state index contributed by atoms with van der Waals surface area (Å²) >= 11 is 0. The molecular formula is C21H15FN4O3. The molecule has 0 atom stereocenters. The number of benzene rings is 2. The third kappa shape index (κ3) is 4.11. The summed E-state index contributed by atoms with van der Waals surface area (Å²) in [6.45, 7) is 0.421. The van der Waals surface area contributed by atoms with E-state index in [1.807, 2.05) is 0 Å². The molecule has 2 aromatic heterocycles. The minimum atomic E-state index is -0.971. The Balaban J connectivity index is 1.62. The number of halogens is 1. The van der Waals surface area contributed by atoms with E-state index < -0.39 is 5.97 Å². The highest BCUT2D eigenvalue weighted by molar-refractivity contribution is 5.94. The number of anilines is 1. The van der Waals surface area contributed by atoms with E-state index in [-0.39, 0.29) is 11.4 Å². The number of carboxylic acid groups (broad SMARTS) is 1. The molecule has 0 unspecified atom stereocenters. The van der Waals surface area contributed by atoms with Gasteiger partial charge in [-0.3, -0.25) is 0 Å². The smallest absolute Gasteiger partial charge is 0.335 e. The number of hydrogen-bond donors (Lipinski definition) is 2. The molecule has 2 heterocycles. The molecule has 0 bridgehead atoms. The minimum absolute atomic E-state index is 0.224. The van der Waals surface area contributed by atoms with Crippen LogP contribution in [0.5, 0.6) is 11.5 Å². The molecule has 8 heteroatoms. The lowest BCUT2D eigenvalue weighted by Crippen LogP contribution is -2.04. The highest BCUT2D eigenvalue weighted by atomic mass is 19.1. The zero-order valence-corrected chi connectivity index (χ0v) is 15.0. The van der Waals surface area contributed by atoms with Crippen LogP contribution in [0.4, 0.5) is 10.2 Å². The molecule has 0 aliphatic carbocycles. The van der Waals surface area contributed by atoms with Gasteiger partial charge >= 0.3 is 5.97 Å². The highest BCUT2D eigenvalue weighted by Gasteiger charge is 2.12. The average Bonchev–Trinajstić information content (AvgIpc) is 2.74. The summed E-state index contributed by atoms with van der Waals surface area (Å²) in [5.74, 6) is 0.101. The SMILES string of the molecule is O=C(O)c1ccc(CNc2nccc3nncc(Oc4ccc(F)cc4)c23)cc1. The zero-order chi connectivity index (χ0) is 20.2. The predicted octanol–water partition coefficient (Wildman–Crippen LogP) is 4.27. The molecule has 0 amide bonds. The van der Waals surface area contributed by atoms with E-state index in [2.05, 4.69) is 20.5 Å². The molecule has 4 aromatic rings. The van der Waals surface area contributed by atoms with Crippen molar-refractivity contribution < 1.29 is 19.0 Å². The van der Waals surface area contributed by atoms with E-state index in [0.717, 1.165) is 5.56 Å². The molecular weight excluding hydrogens is 375 g/mol. The molecule has 0 fully saturated rings. The van der Waals surface area contributed by atoms with Gasteiger partial charge in [-0.1, -0.05) is 12.1 Å². The predicted molar refractivity (Wildman–Crippen MR) is 105 cm³/mol. The Bertz CT molecular complexity index is 1160. The van der Waals surface area contributed by atoms with Gasteiger partial charge in [-0.2, -0.15) is 10.2 Å². The molecule has 2 N–H and O–H groups in total. The Hall–Kier alpha value is -4.07. The summed E-state index contributed by atoms with van der Waals surface area (Å²) < 4.78 is 19.0. The first-order valence-corrected chi connectivity index (χ1v) is 8.70. The summed E-state index contributed by atoms with van der Waals surface area (Å²) in [4.78, 5) is 15.3. The Morgan fingerprint density at radius 3 is 2.55 bits per heavy atom. The van der Waals surface area contributed by atoms with E-state index in [9.17, 15) is 9.18 Å². The first-order valence-electron chi connectivity index (χ1n) is 8.70. The second-order valence-corrected chi connectivity index (χ2v) is 6.17. The van der Waals surface area contributed by atoms with E-state index in [0.29, 0.717) is 34.8 Å². The Labute approximate surface area is 164 Å². The van der Waals surface area contributed by atoms with Crippen LogP contribution in [-0.2, 0) is 6.54 Å². The molecule has 4 rings (SSSR count). The van der Waals surface area contributed by atoms with Gasteiger partial charge < -0.3 is 15.2 Å². The summed E-state index contributed by atoms with van der Waals surface area (Å²) in [5, 5.41) is 20.9. The topological polar surface area (TPSA) is 97.2 Å². The number of aromatic nitrogens is 3. The number of aromatic carboxylic acids is 1. The lowest BCUT2D eigenvalue weighted by Gasteiger charge is -2.12. The maximum absolute atomic E-state index is 13.1. The van der Waals surface area contributed by atoms with Crippen molar-refractivity contribution in [3.8, 4) is 11.5 Å². The van der Waals surface area contributed by atoms with Crippen molar-refractivity contribution in [3.05, 3.63) is 83.9 Å². The van der Waals surface area contributed by atoms with Crippen molar-refractivity contribution >= 4 is 22.7 Å². The molecule has 2 aromatic carbocycles. The van der Waals surface area contributed by atoms with Gasteiger partial charge in [0.1, 0.15) is 22.9 Å². The van der Waals surface area contributed by atoms with E-state index >= 15 is 0 Å². The summed E-state index contributed by atoms with van der Waals surface area (Å²) in [6.07, 6.45) is 3.08. The highest BCUT2D eigenvalue weighted by Crippen LogP contribution is 2.32. The quantitative estimate of drug-likeness (QED) is 0.507. The van der Waals surface area contributed by atoms with Gasteiger partial charge in [0, 0.05) is 12.7 Å². The normalized spacial score (nSPS) is 10.7. The standard InChI is InChI=1S/C21H15FN4O3/c22-15-5-7-16(8-6-15)29-18-12-25-26-17-9-10-23-20(19(17)18)24-11-13-1-3-14(4-2-13)21(27)28/h1-10,12H,11H2,(H,23,24)(H,27,28). The van der Waals surface area contributed by atoms with Gasteiger partial charge in [-0.15, -0.1) is 0 Å². The average molecular weight is 390 g/mol. The molecule has 29 heavy (non-hydrogen) atoms. The Morgan fingerprint density at radius 2 is 1.83 bits per heavy atom. The third-order valence-electron chi connectivity index (χ3n) is 4.22. The molecule has 0 spiro atoms. The number of nitrogens with zero attached hydrogens (tertiary/aromatic N) is 3. The van der Waals surface area contributed by atoms with Crippen molar-refractivity contribution in [1.82, 2.24) is 15.2 Å². The van der Waals surface area contributed by atoms with Crippen molar-refractivity contribution in [2.45, 2.75) is 6.54 Å². The summed E-state index contributed by atoms with van der Waals surface area (Å²) in [7, 11) is 0. The van der Waals surface area contributed by atoms with Crippen molar-refractivity contribution in [2.75, 3.05) is 5.32 Å². The molecule has 0 aliphatic rings. The van der Waals surface area contributed by atoms with Gasteiger partial charge in [0.2, 0.25) is 0 Å². The van der Waals surface area contributed by atoms with Crippen LogP contribution in [0.2, 0.25) is 0 Å². The Kier molecular flexibility index (Phi) is 4.98. The fourth-order valence-electron chi connectivity index (χ4n) is 2.78. The largest absolute Gasteiger partial charge is 0.478 e. The first kappa shape index (κ1) is 18.3. The van der Waals surface area contributed by atoms with Crippen LogP contribution < -0.4 is 10.1 Å². The molecule has 0 radical (unpaired) electrons. The van der Waals surface area contributed by atoms with Crippen LogP contribution in [0.15, 0.2) is 67.0 Å². The van der Waals surface area contributed by atoms with Crippen molar-refractivity contribution in [2.24, 2.45) is 0 Å². The fraction of sp³-hybridized carbons (Fsp3) is 0.0476. The number of rotatable bonds is 6. The molecule has 0 saturated carbocycles. The lowest BCUT2D eigenvalue weighted by atomic mass is 10.1. The van der Waals surface area contributed by atoms with Gasteiger partial charge in [-0.05, 0) is 48.0 Å². The van der Waals surface area contributed by atoms with Crippen LogP contribution >= 0.6 is 0 Å². The van der Waals surface area contributed by atoms with E-state index in [4.69, 9.17) is 9.84 Å². The van der Waals surface area contributed by atoms with E-state index in [1.54, 1.807) is 36.5 Å². The number of fused-ring (bicyclic) bond motifs is 1. The molecule has 144 valence electrons. The van der Waals surface area contributed by atoms with Gasteiger partial charge in [0.15, 0.2) is 5.75 Å². The summed E-state index contributed by atoms with van der Waals surface area (Å²) in [5.41, 5.74) is 1.70. The maximum atomic E-state index is 13.1. The third-order valence-corrected chi connectivity index (χ3v) is 4.22. The fourth-order valence-corrected chi connectivity index (χ4v) is 2.78.